The van der Waals surface area contributed by atoms with Gasteiger partial charge in [0.2, 0.25) is 0 Å². The first-order valence-corrected chi connectivity index (χ1v) is 26.6. The molecule has 0 aliphatic rings. The van der Waals surface area contributed by atoms with Crippen molar-refractivity contribution in [1.29, 1.82) is 0 Å². The summed E-state index contributed by atoms with van der Waals surface area (Å²) in [5.74, 6) is -0.938. The van der Waals surface area contributed by atoms with Crippen molar-refractivity contribution >= 4 is 17.9 Å². The molecule has 0 N–H and O–H groups in total. The second kappa shape index (κ2) is 52.2. The summed E-state index contributed by atoms with van der Waals surface area (Å²) in [5.41, 5.74) is 0. The van der Waals surface area contributed by atoms with E-state index in [9.17, 15) is 14.4 Å². The molecule has 0 saturated carbocycles. The van der Waals surface area contributed by atoms with Crippen molar-refractivity contribution in [2.24, 2.45) is 0 Å². The van der Waals surface area contributed by atoms with Gasteiger partial charge in [-0.05, 0) is 96.3 Å². The van der Waals surface area contributed by atoms with Crippen LogP contribution in [0.2, 0.25) is 0 Å². The van der Waals surface area contributed by atoms with E-state index in [-0.39, 0.29) is 31.1 Å². The Morgan fingerprint density at radius 1 is 0.344 bits per heavy atom. The highest BCUT2D eigenvalue weighted by molar-refractivity contribution is 5.71. The largest absolute Gasteiger partial charge is 0.462 e. The van der Waals surface area contributed by atoms with Crippen molar-refractivity contribution in [3.63, 3.8) is 0 Å². The lowest BCUT2D eigenvalue weighted by atomic mass is 10.1. The molecule has 0 heterocycles. The van der Waals surface area contributed by atoms with Crippen LogP contribution >= 0.6 is 0 Å². The van der Waals surface area contributed by atoms with Crippen LogP contribution in [0, 0.1) is 0 Å². The summed E-state index contributed by atoms with van der Waals surface area (Å²) in [6.45, 7) is 6.41. The molecular weight excluding hydrogens is 793 g/mol. The maximum Gasteiger partial charge on any atom is 0.306 e. The van der Waals surface area contributed by atoms with Crippen LogP contribution in [0.4, 0.5) is 0 Å². The van der Waals surface area contributed by atoms with Gasteiger partial charge >= 0.3 is 17.9 Å². The second-order valence-electron chi connectivity index (χ2n) is 17.5. The molecule has 0 spiro atoms. The number of ether oxygens (including phenoxy) is 3. The average Bonchev–Trinajstić information content (AvgIpc) is 3.29. The van der Waals surface area contributed by atoms with Gasteiger partial charge in [0.25, 0.3) is 0 Å². The highest BCUT2D eigenvalue weighted by atomic mass is 16.6. The van der Waals surface area contributed by atoms with Gasteiger partial charge in [0, 0.05) is 19.3 Å². The molecule has 0 amide bonds. The van der Waals surface area contributed by atoms with Crippen molar-refractivity contribution < 1.29 is 28.6 Å². The Kier molecular flexibility index (Phi) is 49.4. The average molecular weight is 891 g/mol. The lowest BCUT2D eigenvalue weighted by molar-refractivity contribution is -0.167. The first kappa shape index (κ1) is 60.6. The van der Waals surface area contributed by atoms with E-state index in [1.54, 1.807) is 0 Å². The molecule has 1 unspecified atom stereocenters. The third kappa shape index (κ3) is 49.6. The van der Waals surface area contributed by atoms with Gasteiger partial charge in [0.05, 0.1) is 0 Å². The summed E-state index contributed by atoms with van der Waals surface area (Å²) in [5, 5.41) is 0. The summed E-state index contributed by atoms with van der Waals surface area (Å²) in [7, 11) is 0. The van der Waals surface area contributed by atoms with Gasteiger partial charge in [-0.15, -0.1) is 0 Å². The minimum Gasteiger partial charge on any atom is -0.462 e. The van der Waals surface area contributed by atoms with E-state index in [2.05, 4.69) is 106 Å². The topological polar surface area (TPSA) is 78.9 Å². The van der Waals surface area contributed by atoms with E-state index in [4.69, 9.17) is 14.2 Å². The van der Waals surface area contributed by atoms with Gasteiger partial charge in [-0.2, -0.15) is 0 Å². The molecule has 0 saturated heterocycles. The molecule has 0 fully saturated rings. The highest BCUT2D eigenvalue weighted by Crippen LogP contribution is 2.14. The quantitative estimate of drug-likeness (QED) is 0.0199. The summed E-state index contributed by atoms with van der Waals surface area (Å²) in [6, 6.07) is 0. The van der Waals surface area contributed by atoms with Crippen molar-refractivity contribution in [2.75, 3.05) is 13.2 Å². The maximum absolute atomic E-state index is 12.8. The zero-order valence-corrected chi connectivity index (χ0v) is 41.8. The number of unbranched alkanes of at least 4 members (excludes halogenated alkanes) is 24. The molecule has 0 aliphatic heterocycles. The van der Waals surface area contributed by atoms with Gasteiger partial charge < -0.3 is 14.2 Å². The molecule has 0 aromatic carbocycles. The fourth-order valence-corrected chi connectivity index (χ4v) is 7.13. The maximum atomic E-state index is 12.8. The number of carbonyl (C=O) groups is 3. The first-order chi connectivity index (χ1) is 31.5. The predicted molar refractivity (Wildman–Crippen MR) is 274 cm³/mol. The highest BCUT2D eigenvalue weighted by Gasteiger charge is 2.19. The fourth-order valence-electron chi connectivity index (χ4n) is 7.13. The number of esters is 3. The van der Waals surface area contributed by atoms with Crippen molar-refractivity contribution in [3.05, 3.63) is 85.1 Å². The van der Waals surface area contributed by atoms with Crippen LogP contribution < -0.4 is 0 Å². The molecule has 6 heteroatoms. The van der Waals surface area contributed by atoms with Crippen LogP contribution in [0.1, 0.15) is 245 Å². The third-order valence-corrected chi connectivity index (χ3v) is 11.2. The van der Waals surface area contributed by atoms with Crippen LogP contribution in [0.25, 0.3) is 0 Å². The monoisotopic (exact) mass is 891 g/mol. The SMILES string of the molecule is CC/C=C\C/C=C\C/C=C\CCCCCCCCC(=O)OC(COC(=O)CCCCC/C=C\C=C/CCCC)COC(=O)CCCCCCCCCCCC/C=C\C=C/CCCCC. The smallest absolute Gasteiger partial charge is 0.306 e. The fraction of sp³-hybridized carbons (Fsp3) is 0.707. The minimum absolute atomic E-state index is 0.0927. The van der Waals surface area contributed by atoms with Crippen molar-refractivity contribution in [3.8, 4) is 0 Å². The Hall–Kier alpha value is -3.41. The summed E-state index contributed by atoms with van der Waals surface area (Å²) < 4.78 is 16.8. The second-order valence-corrected chi connectivity index (χ2v) is 17.5. The molecular formula is C58H98O6. The zero-order valence-electron chi connectivity index (χ0n) is 41.8. The van der Waals surface area contributed by atoms with E-state index in [0.717, 1.165) is 103 Å². The summed E-state index contributed by atoms with van der Waals surface area (Å²) in [4.78, 5) is 38.0. The Bertz CT molecular complexity index is 1250. The third-order valence-electron chi connectivity index (χ3n) is 11.2. The minimum atomic E-state index is -0.795. The number of hydrogen-bond acceptors (Lipinski definition) is 6. The molecule has 0 aromatic rings. The van der Waals surface area contributed by atoms with Gasteiger partial charge in [0.1, 0.15) is 13.2 Å². The molecule has 0 bridgehead atoms. The van der Waals surface area contributed by atoms with E-state index in [1.807, 2.05) is 0 Å². The van der Waals surface area contributed by atoms with Gasteiger partial charge in [-0.25, -0.2) is 0 Å². The lowest BCUT2D eigenvalue weighted by Gasteiger charge is -2.18. The van der Waals surface area contributed by atoms with Crippen molar-refractivity contribution in [2.45, 2.75) is 252 Å². The Balaban J connectivity index is 4.39. The van der Waals surface area contributed by atoms with Crippen molar-refractivity contribution in [1.82, 2.24) is 0 Å². The lowest BCUT2D eigenvalue weighted by Crippen LogP contribution is -2.30. The zero-order chi connectivity index (χ0) is 46.5. The molecule has 6 nitrogen and oxygen atoms in total. The molecule has 1 atom stereocenters. The normalized spacial score (nSPS) is 12.7. The molecule has 366 valence electrons. The number of carbonyl (C=O) groups excluding carboxylic acids is 3. The molecule has 0 rings (SSSR count). The van der Waals surface area contributed by atoms with E-state index < -0.39 is 6.10 Å². The number of hydrogen-bond donors (Lipinski definition) is 0. The first-order valence-electron chi connectivity index (χ1n) is 26.6. The summed E-state index contributed by atoms with van der Waals surface area (Å²) in [6.07, 6.45) is 67.1. The van der Waals surface area contributed by atoms with Crippen LogP contribution in [-0.4, -0.2) is 37.2 Å². The van der Waals surface area contributed by atoms with E-state index >= 15 is 0 Å². The van der Waals surface area contributed by atoms with Crippen LogP contribution in [-0.2, 0) is 28.6 Å². The number of rotatable bonds is 47. The Morgan fingerprint density at radius 3 is 1.11 bits per heavy atom. The van der Waals surface area contributed by atoms with Crippen LogP contribution in [0.15, 0.2) is 85.1 Å². The molecule has 0 aliphatic carbocycles. The van der Waals surface area contributed by atoms with E-state index in [1.165, 1.54) is 103 Å². The summed E-state index contributed by atoms with van der Waals surface area (Å²) >= 11 is 0. The Labute approximate surface area is 395 Å². The van der Waals surface area contributed by atoms with E-state index in [0.29, 0.717) is 19.3 Å². The predicted octanol–water partition coefficient (Wildman–Crippen LogP) is 17.6. The molecule has 0 radical (unpaired) electrons. The van der Waals surface area contributed by atoms with Gasteiger partial charge in [0.15, 0.2) is 6.10 Å². The van der Waals surface area contributed by atoms with Gasteiger partial charge in [-0.3, -0.25) is 14.4 Å². The Morgan fingerprint density at radius 2 is 0.672 bits per heavy atom. The molecule has 64 heavy (non-hydrogen) atoms. The molecule has 0 aromatic heterocycles. The van der Waals surface area contributed by atoms with Crippen LogP contribution in [0.3, 0.4) is 0 Å². The standard InChI is InChI=1S/C58H98O6/c1-4-7-10-13-16-19-22-24-26-28-29-30-32-33-36-39-42-45-48-51-57(60)63-54-55(53-62-56(59)50-47-44-41-38-35-21-18-15-12-9-6-3)64-58(61)52-49-46-43-40-37-34-31-27-25-23-20-17-14-11-8-5-2/h8,11,15-22,24-25,27,35,55H,4-7,9-10,12-14,23,26,28-34,36-54H2,1-3H3/b11-8-,18-15-,19-16-,20-17-,24-22-,27-25-,35-21-. The van der Waals surface area contributed by atoms with Gasteiger partial charge in [-0.1, -0.05) is 215 Å². The number of allylic oxidation sites excluding steroid dienone is 14. The van der Waals surface area contributed by atoms with Crippen LogP contribution in [0.5, 0.6) is 0 Å².